The van der Waals surface area contributed by atoms with Gasteiger partial charge in [0.15, 0.2) is 12.6 Å². The largest absolute Gasteiger partial charge is 0.465 e. The number of benzene rings is 4. The summed E-state index contributed by atoms with van der Waals surface area (Å²) in [5, 5.41) is 17.6. The van der Waals surface area contributed by atoms with Crippen LogP contribution >= 0.6 is 0 Å². The molecule has 4 amide bonds. The summed E-state index contributed by atoms with van der Waals surface area (Å²) in [5.74, 6) is 1.30. The minimum Gasteiger partial charge on any atom is -0.465 e. The fraction of sp³-hybridized carbons (Fsp3) is 0.373. The highest BCUT2D eigenvalue weighted by molar-refractivity contribution is 6.11. The first-order chi connectivity index (χ1) is 32.3. The molecule has 0 spiro atoms. The third-order valence-corrected chi connectivity index (χ3v) is 14.4. The molecule has 4 aliphatic rings. The van der Waals surface area contributed by atoms with Crippen LogP contribution < -0.4 is 10.6 Å². The summed E-state index contributed by atoms with van der Waals surface area (Å²) in [5.41, 5.74) is 5.14. The van der Waals surface area contributed by atoms with E-state index in [-0.39, 0.29) is 47.8 Å². The Morgan fingerprint density at radius 2 is 1.12 bits per heavy atom. The zero-order valence-electron chi connectivity index (χ0n) is 37.8. The Morgan fingerprint density at radius 3 is 1.52 bits per heavy atom. The molecule has 4 aromatic carbocycles. The van der Waals surface area contributed by atoms with E-state index >= 15 is 0 Å². The molecule has 16 heteroatoms. The van der Waals surface area contributed by atoms with E-state index in [1.807, 2.05) is 104 Å². The summed E-state index contributed by atoms with van der Waals surface area (Å²) in [6.45, 7) is 7.44. The van der Waals surface area contributed by atoms with Gasteiger partial charge in [0, 0.05) is 46.7 Å². The van der Waals surface area contributed by atoms with Crippen LogP contribution in [0.1, 0.15) is 97.8 Å². The molecular formula is C51H52N8O8. The summed E-state index contributed by atoms with van der Waals surface area (Å²) >= 11 is 0. The van der Waals surface area contributed by atoms with Gasteiger partial charge in [0.05, 0.1) is 30.6 Å². The van der Waals surface area contributed by atoms with Gasteiger partial charge in [-0.15, -0.1) is 0 Å². The molecule has 2 saturated heterocycles. The van der Waals surface area contributed by atoms with Crippen LogP contribution in [0.25, 0.3) is 55.2 Å². The van der Waals surface area contributed by atoms with Crippen LogP contribution in [0.2, 0.25) is 0 Å². The SMILES string of the molecule is COC(=O)N[C@H](C(=O)N1[C@@H]2C[C@@H]2C[C@H]1c1nc(-c2ccc3c(C=O)c(-c4ccc5cc(-c6c[nH]c([C@@H]7C[C@H]8C[C@H]8N7C(=O)[C@@H](NC(=O)O)C(C)C)n6)ccc5c4C=O)ccc3c2)c[nH]1)C(C)C. The predicted octanol–water partition coefficient (Wildman–Crippen LogP) is 8.06. The Kier molecular flexibility index (Phi) is 10.9. The number of piperidine rings is 2. The molecule has 0 radical (unpaired) electrons. The van der Waals surface area contributed by atoms with Gasteiger partial charge in [-0.1, -0.05) is 76.2 Å². The van der Waals surface area contributed by atoms with Crippen molar-refractivity contribution in [1.82, 2.24) is 40.4 Å². The monoisotopic (exact) mass is 904 g/mol. The normalized spacial score (nSPS) is 22.4. The summed E-state index contributed by atoms with van der Waals surface area (Å²) in [4.78, 5) is 97.4. The number of amides is 4. The molecule has 2 saturated carbocycles. The van der Waals surface area contributed by atoms with Crippen molar-refractivity contribution >= 4 is 58.1 Å². The molecule has 67 heavy (non-hydrogen) atoms. The number of aromatic nitrogens is 4. The molecule has 2 aromatic heterocycles. The predicted molar refractivity (Wildman–Crippen MR) is 249 cm³/mol. The van der Waals surface area contributed by atoms with Crippen LogP contribution in [0.5, 0.6) is 0 Å². The number of alkyl carbamates (subject to hydrolysis) is 1. The van der Waals surface area contributed by atoms with E-state index in [0.29, 0.717) is 62.5 Å². The van der Waals surface area contributed by atoms with Crippen molar-refractivity contribution in [2.24, 2.45) is 23.7 Å². The van der Waals surface area contributed by atoms with E-state index in [1.54, 1.807) is 6.20 Å². The van der Waals surface area contributed by atoms with E-state index in [1.165, 1.54) is 7.11 Å². The van der Waals surface area contributed by atoms with Gasteiger partial charge in [-0.2, -0.15) is 0 Å². The minimum absolute atomic E-state index is 0.0682. The van der Waals surface area contributed by atoms with Crippen LogP contribution in [0.4, 0.5) is 9.59 Å². The molecule has 4 fully saturated rings. The number of nitrogens with zero attached hydrogens (tertiary/aromatic N) is 4. The van der Waals surface area contributed by atoms with Gasteiger partial charge in [0.2, 0.25) is 11.8 Å². The first kappa shape index (κ1) is 43.5. The standard InChI is InChI=1S/C51H52N8O8/c1-24(2)44(56-50(64)65)48(62)58-40-16-30(40)18-42(58)46-52-20-38(54-46)28-8-10-32-26(14-28)6-12-34(36(32)22-60)35-13-7-27-15-29(9-11-33(27)37(35)23-61)39-21-53-47(55-39)43-19-31-17-41(31)59(43)49(63)45(25(3)4)57-51(66)67-5/h6-15,20-25,30-31,40-45,56H,16-19H2,1-5H3,(H,52,54)(H,53,55)(H,57,66)(H,64,65)/t30-,31-,40-,41-,42+,43+,44+,45+/m1/s1. The van der Waals surface area contributed by atoms with Gasteiger partial charge in [0.25, 0.3) is 0 Å². The number of aromatic amines is 2. The molecule has 2 aliphatic carbocycles. The van der Waals surface area contributed by atoms with Crippen molar-refractivity contribution in [3.63, 3.8) is 0 Å². The lowest BCUT2D eigenvalue weighted by molar-refractivity contribution is -0.137. The summed E-state index contributed by atoms with van der Waals surface area (Å²) in [6.07, 6.45) is 6.75. The fourth-order valence-electron chi connectivity index (χ4n) is 10.8. The molecule has 5 N–H and O–H groups in total. The zero-order valence-corrected chi connectivity index (χ0v) is 37.8. The number of imidazole rings is 2. The van der Waals surface area contributed by atoms with Crippen LogP contribution in [0, 0.1) is 23.7 Å². The molecule has 2 aliphatic heterocycles. The molecule has 16 nitrogen and oxygen atoms in total. The maximum Gasteiger partial charge on any atom is 0.407 e. The van der Waals surface area contributed by atoms with Gasteiger partial charge in [-0.25, -0.2) is 19.6 Å². The number of hydrogen-bond donors (Lipinski definition) is 5. The van der Waals surface area contributed by atoms with Gasteiger partial charge >= 0.3 is 12.2 Å². The number of likely N-dealkylation sites (tertiary alicyclic amines) is 2. The molecule has 4 heterocycles. The second-order valence-corrected chi connectivity index (χ2v) is 19.2. The molecule has 8 atom stereocenters. The van der Waals surface area contributed by atoms with Crippen molar-refractivity contribution in [3.8, 4) is 33.6 Å². The first-order valence-corrected chi connectivity index (χ1v) is 22.9. The number of aldehydes is 2. The van der Waals surface area contributed by atoms with Crippen molar-refractivity contribution < 1.29 is 38.6 Å². The van der Waals surface area contributed by atoms with Crippen LogP contribution in [0.15, 0.2) is 73.1 Å². The average Bonchev–Trinajstić information content (AvgIpc) is 3.90. The smallest absolute Gasteiger partial charge is 0.407 e. The van der Waals surface area contributed by atoms with E-state index in [9.17, 15) is 33.9 Å². The maximum absolute atomic E-state index is 13.9. The molecule has 0 bridgehead atoms. The van der Waals surface area contributed by atoms with Crippen LogP contribution in [0.3, 0.4) is 0 Å². The first-order valence-electron chi connectivity index (χ1n) is 22.9. The number of carboxylic acid groups (broad SMARTS) is 1. The summed E-state index contributed by atoms with van der Waals surface area (Å²) in [7, 11) is 1.28. The van der Waals surface area contributed by atoms with Gasteiger partial charge in [-0.3, -0.25) is 19.2 Å². The Labute approximate surface area is 385 Å². The topological polar surface area (TPSA) is 220 Å². The van der Waals surface area contributed by atoms with E-state index in [4.69, 9.17) is 14.7 Å². The quantitative estimate of drug-likeness (QED) is 0.0702. The van der Waals surface area contributed by atoms with Crippen LogP contribution in [-0.2, 0) is 14.3 Å². The highest BCUT2D eigenvalue weighted by atomic mass is 16.5. The Morgan fingerprint density at radius 1 is 0.672 bits per heavy atom. The van der Waals surface area contributed by atoms with Gasteiger partial charge in [-0.05, 0) is 94.2 Å². The zero-order chi connectivity index (χ0) is 47.0. The highest BCUT2D eigenvalue weighted by Crippen LogP contribution is 2.54. The van der Waals surface area contributed by atoms with E-state index in [0.717, 1.165) is 65.5 Å². The highest BCUT2D eigenvalue weighted by Gasteiger charge is 2.57. The number of hydrogen-bond acceptors (Lipinski definition) is 9. The summed E-state index contributed by atoms with van der Waals surface area (Å²) < 4.78 is 4.80. The molecule has 344 valence electrons. The molecule has 0 unspecified atom stereocenters. The lowest BCUT2D eigenvalue weighted by atomic mass is 9.89. The Balaban J connectivity index is 0.897. The second kappa shape index (κ2) is 16.8. The molecule has 10 rings (SSSR count). The molecule has 6 aromatic rings. The maximum atomic E-state index is 13.9. The van der Waals surface area contributed by atoms with Gasteiger partial charge in [0.1, 0.15) is 23.7 Å². The summed E-state index contributed by atoms with van der Waals surface area (Å²) in [6, 6.07) is 17.1. The number of rotatable bonds is 13. The minimum atomic E-state index is -1.23. The van der Waals surface area contributed by atoms with E-state index in [2.05, 4.69) is 20.6 Å². The number of nitrogens with one attached hydrogen (secondary N) is 4. The van der Waals surface area contributed by atoms with Crippen molar-refractivity contribution in [3.05, 3.63) is 95.8 Å². The number of ether oxygens (including phenoxy) is 1. The van der Waals surface area contributed by atoms with Crippen molar-refractivity contribution in [1.29, 1.82) is 0 Å². The van der Waals surface area contributed by atoms with Crippen molar-refractivity contribution in [2.45, 2.75) is 89.6 Å². The fourth-order valence-corrected chi connectivity index (χ4v) is 10.8. The van der Waals surface area contributed by atoms with Crippen molar-refractivity contribution in [2.75, 3.05) is 7.11 Å². The van der Waals surface area contributed by atoms with Gasteiger partial charge < -0.3 is 40.2 Å². The number of carbonyl (C=O) groups excluding carboxylic acids is 5. The lowest BCUT2D eigenvalue weighted by Crippen LogP contribution is -2.52. The number of methoxy groups -OCH3 is 1. The third-order valence-electron chi connectivity index (χ3n) is 14.4. The number of H-pyrrole nitrogens is 2. The lowest BCUT2D eigenvalue weighted by Gasteiger charge is -2.31. The average molecular weight is 905 g/mol. The second-order valence-electron chi connectivity index (χ2n) is 19.2. The molecular weight excluding hydrogens is 853 g/mol. The number of carbonyl (C=O) groups is 6. The number of fused-ring (bicyclic) bond motifs is 4. The van der Waals surface area contributed by atoms with Crippen LogP contribution in [-0.4, -0.2) is 103 Å². The Hall–Kier alpha value is -7.36. The third kappa shape index (κ3) is 7.67. The van der Waals surface area contributed by atoms with E-state index < -0.39 is 24.3 Å². The Bertz CT molecular complexity index is 3010.